The van der Waals surface area contributed by atoms with Crippen LogP contribution >= 0.6 is 0 Å². The lowest BCUT2D eigenvalue weighted by atomic mass is 9.57. The monoisotopic (exact) mass is 499 g/mol. The van der Waals surface area contributed by atoms with Crippen molar-refractivity contribution in [2.75, 3.05) is 19.8 Å². The Morgan fingerprint density at radius 3 is 2.67 bits per heavy atom. The summed E-state index contributed by atoms with van der Waals surface area (Å²) in [5, 5.41) is 36.3. The fourth-order valence-corrected chi connectivity index (χ4v) is 7.45. The number of halogens is 1. The lowest BCUT2D eigenvalue weighted by Crippen LogP contribution is -2.55. The van der Waals surface area contributed by atoms with Crippen molar-refractivity contribution >= 4 is 22.7 Å². The van der Waals surface area contributed by atoms with Crippen molar-refractivity contribution in [3.05, 3.63) is 41.5 Å². The molecule has 36 heavy (non-hydrogen) atoms. The number of allylic oxidation sites excluding steroid dienone is 3. The molecule has 7 nitrogen and oxygen atoms in total. The standard InChI is InChI=1S/C26H31FN2O4.C2H7N/c1-24-10-9-18-22(31)25(27)13-16(30)4-3-15(25)8-11-26(18,32)21(24)7-5-17(24)14-2-6-19-20(12-14)33-23(28)29-19;1-3-2/h2,5-6,9,12,15-16,21-22,30-32H,3-4,7-8,10-11,13H2,1H3,(H2,28,29);3H,1-2H3/t15?,16?,21?,22?,24?,25?,26-;/m1./s1. The number of nitrogen functional groups attached to an aromatic ring is 1. The number of anilines is 1. The number of rotatable bonds is 1. The zero-order valence-corrected chi connectivity index (χ0v) is 21.3. The van der Waals surface area contributed by atoms with Crippen LogP contribution in [0.1, 0.15) is 57.4 Å². The highest BCUT2D eigenvalue weighted by Gasteiger charge is 2.62. The lowest BCUT2D eigenvalue weighted by molar-refractivity contribution is -0.0963. The quantitative estimate of drug-likeness (QED) is 0.379. The molecule has 1 heterocycles. The Morgan fingerprint density at radius 2 is 1.92 bits per heavy atom. The van der Waals surface area contributed by atoms with E-state index in [0.717, 1.165) is 11.1 Å². The van der Waals surface area contributed by atoms with Gasteiger partial charge < -0.3 is 30.8 Å². The van der Waals surface area contributed by atoms with E-state index in [4.69, 9.17) is 10.2 Å². The van der Waals surface area contributed by atoms with Gasteiger partial charge in [0.1, 0.15) is 17.3 Å². The maximum absolute atomic E-state index is 16.2. The zero-order chi connectivity index (χ0) is 25.9. The van der Waals surface area contributed by atoms with Crippen molar-refractivity contribution in [1.29, 1.82) is 0 Å². The molecule has 0 bridgehead atoms. The number of fused-ring (bicyclic) bond motifs is 5. The normalized spacial score (nSPS) is 39.6. The largest absolute Gasteiger partial charge is 0.424 e. The van der Waals surface area contributed by atoms with E-state index in [2.05, 4.69) is 23.3 Å². The second kappa shape index (κ2) is 8.94. The molecule has 7 atom stereocenters. The molecule has 1 aromatic heterocycles. The third kappa shape index (κ3) is 3.72. The molecular formula is C28H38FN3O4. The van der Waals surface area contributed by atoms with Gasteiger partial charge in [0.25, 0.3) is 6.01 Å². The van der Waals surface area contributed by atoms with Gasteiger partial charge in [0.2, 0.25) is 0 Å². The lowest BCUT2D eigenvalue weighted by Gasteiger charge is -2.50. The SMILES string of the molecule is CC12CC=C3C(O)C4(F)CC(O)CCC4CC[C@]3(O)C1CC=C2c1ccc2nc(N)oc2c1.CNC. The van der Waals surface area contributed by atoms with Gasteiger partial charge in [-0.05, 0) is 87.4 Å². The van der Waals surface area contributed by atoms with Crippen LogP contribution in [0.15, 0.2) is 40.3 Å². The first-order chi connectivity index (χ1) is 17.1. The first-order valence-electron chi connectivity index (χ1n) is 13.0. The first kappa shape index (κ1) is 25.4. The summed E-state index contributed by atoms with van der Waals surface area (Å²) in [6, 6.07) is 5.96. The maximum Gasteiger partial charge on any atom is 0.292 e. The van der Waals surface area contributed by atoms with Crippen LogP contribution in [0.4, 0.5) is 10.4 Å². The molecule has 2 fully saturated rings. The molecule has 6 N–H and O–H groups in total. The molecule has 6 rings (SSSR count). The van der Waals surface area contributed by atoms with Crippen molar-refractivity contribution in [2.45, 2.75) is 75.3 Å². The predicted molar refractivity (Wildman–Crippen MR) is 138 cm³/mol. The van der Waals surface area contributed by atoms with E-state index in [1.165, 1.54) is 0 Å². The van der Waals surface area contributed by atoms with Crippen LogP contribution in [-0.2, 0) is 0 Å². The number of nitrogens with one attached hydrogen (secondary N) is 1. The molecule has 4 aliphatic carbocycles. The molecule has 0 radical (unpaired) electrons. The van der Waals surface area contributed by atoms with E-state index in [1.807, 2.05) is 38.4 Å². The van der Waals surface area contributed by atoms with Gasteiger partial charge >= 0.3 is 0 Å². The molecule has 0 spiro atoms. The molecule has 6 unspecified atom stereocenters. The Morgan fingerprint density at radius 1 is 1.17 bits per heavy atom. The number of aromatic nitrogens is 1. The summed E-state index contributed by atoms with van der Waals surface area (Å²) in [4.78, 5) is 4.17. The molecule has 4 aliphatic rings. The molecule has 0 saturated heterocycles. The van der Waals surface area contributed by atoms with Gasteiger partial charge in [-0.2, -0.15) is 4.98 Å². The van der Waals surface area contributed by atoms with E-state index in [1.54, 1.807) is 0 Å². The molecule has 2 aromatic rings. The van der Waals surface area contributed by atoms with Gasteiger partial charge in [-0.1, -0.05) is 25.1 Å². The van der Waals surface area contributed by atoms with Crippen molar-refractivity contribution < 1.29 is 24.1 Å². The van der Waals surface area contributed by atoms with E-state index in [-0.39, 0.29) is 29.7 Å². The van der Waals surface area contributed by atoms with E-state index in [0.29, 0.717) is 55.2 Å². The number of nitrogens with zero attached hydrogens (tertiary/aromatic N) is 1. The Kier molecular flexibility index (Phi) is 6.31. The smallest absolute Gasteiger partial charge is 0.292 e. The number of alkyl halides is 1. The van der Waals surface area contributed by atoms with E-state index in [9.17, 15) is 15.3 Å². The van der Waals surface area contributed by atoms with Crippen LogP contribution in [0.5, 0.6) is 0 Å². The Hall–Kier alpha value is -2.26. The highest BCUT2D eigenvalue weighted by Crippen LogP contribution is 2.63. The number of aliphatic hydroxyl groups is 3. The van der Waals surface area contributed by atoms with Gasteiger partial charge in [-0.3, -0.25) is 0 Å². The Labute approximate surface area is 211 Å². The Bertz CT molecular complexity index is 1210. The topological polar surface area (TPSA) is 125 Å². The number of aliphatic hydroxyl groups excluding tert-OH is 2. The summed E-state index contributed by atoms with van der Waals surface area (Å²) in [5.74, 6) is -0.523. The minimum atomic E-state index is -1.90. The van der Waals surface area contributed by atoms with Gasteiger partial charge in [0, 0.05) is 17.8 Å². The fraction of sp³-hybridized carbons (Fsp3) is 0.607. The second-order valence-electron chi connectivity index (χ2n) is 11.3. The van der Waals surface area contributed by atoms with Crippen LogP contribution in [0.25, 0.3) is 16.7 Å². The average molecular weight is 500 g/mol. The molecule has 196 valence electrons. The van der Waals surface area contributed by atoms with Crippen molar-refractivity contribution in [3.63, 3.8) is 0 Å². The van der Waals surface area contributed by atoms with Crippen LogP contribution < -0.4 is 11.1 Å². The van der Waals surface area contributed by atoms with Crippen molar-refractivity contribution in [2.24, 2.45) is 17.3 Å². The van der Waals surface area contributed by atoms with Gasteiger partial charge in [-0.25, -0.2) is 4.39 Å². The highest BCUT2D eigenvalue weighted by atomic mass is 19.1. The number of hydrogen-bond acceptors (Lipinski definition) is 7. The van der Waals surface area contributed by atoms with E-state index < -0.39 is 23.5 Å². The zero-order valence-electron chi connectivity index (χ0n) is 21.3. The summed E-state index contributed by atoms with van der Waals surface area (Å²) in [5.41, 5.74) is 6.02. The molecule has 1 aromatic carbocycles. The van der Waals surface area contributed by atoms with Crippen LogP contribution in [-0.4, -0.2) is 57.9 Å². The van der Waals surface area contributed by atoms with Gasteiger partial charge in [0.15, 0.2) is 5.58 Å². The molecule has 8 heteroatoms. The fourth-order valence-electron chi connectivity index (χ4n) is 7.45. The summed E-state index contributed by atoms with van der Waals surface area (Å²) < 4.78 is 21.7. The molecular weight excluding hydrogens is 461 g/mol. The molecule has 0 aliphatic heterocycles. The second-order valence-corrected chi connectivity index (χ2v) is 11.3. The van der Waals surface area contributed by atoms with E-state index >= 15 is 4.39 Å². The summed E-state index contributed by atoms with van der Waals surface area (Å²) in [6.07, 6.45) is 5.06. The molecule has 2 saturated carbocycles. The van der Waals surface area contributed by atoms with Crippen molar-refractivity contribution in [1.82, 2.24) is 10.3 Å². The Balaban J connectivity index is 0.000000848. The third-order valence-corrected chi connectivity index (χ3v) is 9.18. The number of benzene rings is 1. The molecule has 0 amide bonds. The predicted octanol–water partition coefficient (Wildman–Crippen LogP) is 3.74. The third-order valence-electron chi connectivity index (χ3n) is 9.18. The highest BCUT2D eigenvalue weighted by molar-refractivity contribution is 5.83. The summed E-state index contributed by atoms with van der Waals surface area (Å²) in [6.45, 7) is 2.15. The number of nitrogens with two attached hydrogens (primary N) is 1. The van der Waals surface area contributed by atoms with Gasteiger partial charge in [0.05, 0.1) is 11.7 Å². The maximum atomic E-state index is 16.2. The summed E-state index contributed by atoms with van der Waals surface area (Å²) in [7, 11) is 3.75. The number of hydrogen-bond donors (Lipinski definition) is 5. The van der Waals surface area contributed by atoms with Crippen LogP contribution in [0.3, 0.4) is 0 Å². The van der Waals surface area contributed by atoms with Gasteiger partial charge in [-0.15, -0.1) is 0 Å². The minimum Gasteiger partial charge on any atom is -0.424 e. The summed E-state index contributed by atoms with van der Waals surface area (Å²) >= 11 is 0. The van der Waals surface area contributed by atoms with Crippen LogP contribution in [0.2, 0.25) is 0 Å². The average Bonchev–Trinajstić information content (AvgIpc) is 3.35. The van der Waals surface area contributed by atoms with Crippen LogP contribution in [0, 0.1) is 17.3 Å². The number of oxazole rings is 1. The van der Waals surface area contributed by atoms with Crippen molar-refractivity contribution in [3.8, 4) is 0 Å². The first-order valence-corrected chi connectivity index (χ1v) is 13.0. The minimum absolute atomic E-state index is 0.0714.